The van der Waals surface area contributed by atoms with E-state index < -0.39 is 0 Å². The number of hydrogen-bond acceptors (Lipinski definition) is 3. The molecule has 1 aromatic rings. The third kappa shape index (κ3) is 3.30. The van der Waals surface area contributed by atoms with Gasteiger partial charge in [0.05, 0.1) is 13.2 Å². The SMILES string of the molecule is Cc1ccc(Br)cc1C(=O)NC1CCC2(CC1)OCCO2. The molecule has 1 aliphatic carbocycles. The molecule has 1 spiro atoms. The van der Waals surface area contributed by atoms with Crippen LogP contribution in [0.4, 0.5) is 0 Å². The smallest absolute Gasteiger partial charge is 0.251 e. The summed E-state index contributed by atoms with van der Waals surface area (Å²) < 4.78 is 12.4. The first-order chi connectivity index (χ1) is 10.1. The molecular weight excluding hydrogens is 334 g/mol. The Morgan fingerprint density at radius 1 is 1.29 bits per heavy atom. The van der Waals surface area contributed by atoms with Crippen molar-refractivity contribution in [3.8, 4) is 0 Å². The van der Waals surface area contributed by atoms with Gasteiger partial charge in [-0.2, -0.15) is 0 Å². The maximum Gasteiger partial charge on any atom is 0.251 e. The molecule has 0 unspecified atom stereocenters. The zero-order valence-corrected chi connectivity index (χ0v) is 13.7. The number of carbonyl (C=O) groups excluding carboxylic acids is 1. The number of rotatable bonds is 2. The van der Waals surface area contributed by atoms with Crippen LogP contribution in [-0.2, 0) is 9.47 Å². The van der Waals surface area contributed by atoms with E-state index in [-0.39, 0.29) is 17.7 Å². The Morgan fingerprint density at radius 3 is 2.62 bits per heavy atom. The molecule has 0 atom stereocenters. The molecule has 5 heteroatoms. The van der Waals surface area contributed by atoms with Crippen LogP contribution in [0.25, 0.3) is 0 Å². The van der Waals surface area contributed by atoms with Crippen molar-refractivity contribution in [1.82, 2.24) is 5.32 Å². The zero-order chi connectivity index (χ0) is 14.9. The predicted octanol–water partition coefficient (Wildman–Crippen LogP) is 3.17. The second kappa shape index (κ2) is 6.07. The standard InChI is InChI=1S/C16H20BrNO3/c1-11-2-3-12(17)10-14(11)15(19)18-13-4-6-16(7-5-13)20-8-9-21-16/h2-3,10,13H,4-9H2,1H3,(H,18,19). The monoisotopic (exact) mass is 353 g/mol. The van der Waals surface area contributed by atoms with Crippen molar-refractivity contribution in [2.45, 2.75) is 44.4 Å². The van der Waals surface area contributed by atoms with Crippen LogP contribution in [0.5, 0.6) is 0 Å². The van der Waals surface area contributed by atoms with Gasteiger partial charge in [-0.1, -0.05) is 22.0 Å². The molecule has 114 valence electrons. The van der Waals surface area contributed by atoms with Gasteiger partial charge in [-0.3, -0.25) is 4.79 Å². The Labute approximate surface area is 133 Å². The lowest BCUT2D eigenvalue weighted by atomic mass is 9.90. The lowest BCUT2D eigenvalue weighted by molar-refractivity contribution is -0.179. The van der Waals surface area contributed by atoms with Crippen molar-refractivity contribution in [2.24, 2.45) is 0 Å². The van der Waals surface area contributed by atoms with Gasteiger partial charge in [0.2, 0.25) is 0 Å². The van der Waals surface area contributed by atoms with E-state index in [1.165, 1.54) is 0 Å². The minimum atomic E-state index is -0.368. The summed E-state index contributed by atoms with van der Waals surface area (Å²) in [6.07, 6.45) is 3.52. The van der Waals surface area contributed by atoms with Crippen molar-refractivity contribution in [1.29, 1.82) is 0 Å². The van der Waals surface area contributed by atoms with E-state index in [0.717, 1.165) is 41.3 Å². The van der Waals surface area contributed by atoms with Gasteiger partial charge >= 0.3 is 0 Å². The minimum Gasteiger partial charge on any atom is -0.349 e. The molecule has 2 fully saturated rings. The molecule has 0 aromatic heterocycles. The van der Waals surface area contributed by atoms with E-state index >= 15 is 0 Å². The van der Waals surface area contributed by atoms with Crippen molar-refractivity contribution in [3.05, 3.63) is 33.8 Å². The number of carbonyl (C=O) groups is 1. The summed E-state index contributed by atoms with van der Waals surface area (Å²) in [6.45, 7) is 3.33. The second-order valence-corrected chi connectivity index (χ2v) is 6.73. The van der Waals surface area contributed by atoms with Crippen molar-refractivity contribution < 1.29 is 14.3 Å². The first-order valence-electron chi connectivity index (χ1n) is 7.43. The summed E-state index contributed by atoms with van der Waals surface area (Å²) in [4.78, 5) is 12.4. The highest BCUT2D eigenvalue weighted by molar-refractivity contribution is 9.10. The van der Waals surface area contributed by atoms with Crippen LogP contribution in [0.2, 0.25) is 0 Å². The highest BCUT2D eigenvalue weighted by Gasteiger charge is 2.40. The number of hydrogen-bond donors (Lipinski definition) is 1. The molecule has 4 nitrogen and oxygen atoms in total. The van der Waals surface area contributed by atoms with Crippen LogP contribution in [0, 0.1) is 6.92 Å². The quantitative estimate of drug-likeness (QED) is 0.888. The van der Waals surface area contributed by atoms with Crippen molar-refractivity contribution in [2.75, 3.05) is 13.2 Å². The number of amides is 1. The minimum absolute atomic E-state index is 0.00279. The fraction of sp³-hybridized carbons (Fsp3) is 0.562. The third-order valence-corrected chi connectivity index (χ3v) is 4.83. The van der Waals surface area contributed by atoms with Gasteiger partial charge in [0, 0.05) is 28.9 Å². The molecule has 0 bridgehead atoms. The first-order valence-corrected chi connectivity index (χ1v) is 8.22. The fourth-order valence-corrected chi connectivity index (χ4v) is 3.45. The van der Waals surface area contributed by atoms with E-state index in [1.807, 2.05) is 25.1 Å². The largest absolute Gasteiger partial charge is 0.349 e. The number of benzene rings is 1. The van der Waals surface area contributed by atoms with Gasteiger partial charge in [0.15, 0.2) is 5.79 Å². The van der Waals surface area contributed by atoms with Gasteiger partial charge < -0.3 is 14.8 Å². The third-order valence-electron chi connectivity index (χ3n) is 4.34. The predicted molar refractivity (Wildman–Crippen MR) is 83.2 cm³/mol. The molecule has 1 heterocycles. The topological polar surface area (TPSA) is 47.6 Å². The summed E-state index contributed by atoms with van der Waals surface area (Å²) in [5.74, 6) is -0.365. The highest BCUT2D eigenvalue weighted by atomic mass is 79.9. The molecule has 1 aliphatic heterocycles. The maximum absolute atomic E-state index is 12.4. The van der Waals surface area contributed by atoms with E-state index in [1.54, 1.807) is 0 Å². The fourth-order valence-electron chi connectivity index (χ4n) is 3.09. The summed E-state index contributed by atoms with van der Waals surface area (Å²) >= 11 is 3.42. The molecule has 1 saturated carbocycles. The number of aryl methyl sites for hydroxylation is 1. The van der Waals surface area contributed by atoms with E-state index in [9.17, 15) is 4.79 Å². The Kier molecular flexibility index (Phi) is 4.33. The molecule has 0 radical (unpaired) electrons. The molecule has 1 saturated heterocycles. The Hall–Kier alpha value is -0.910. The average Bonchev–Trinajstić information content (AvgIpc) is 2.93. The van der Waals surface area contributed by atoms with Crippen LogP contribution >= 0.6 is 15.9 Å². The van der Waals surface area contributed by atoms with Gasteiger partial charge in [-0.25, -0.2) is 0 Å². The van der Waals surface area contributed by atoms with E-state index in [2.05, 4.69) is 21.2 Å². The summed E-state index contributed by atoms with van der Waals surface area (Å²) in [5.41, 5.74) is 1.73. The molecule has 2 aliphatic rings. The molecule has 3 rings (SSSR count). The van der Waals surface area contributed by atoms with Crippen LogP contribution in [0.3, 0.4) is 0 Å². The number of nitrogens with one attached hydrogen (secondary N) is 1. The van der Waals surface area contributed by atoms with Gasteiger partial charge in [-0.15, -0.1) is 0 Å². The molecular formula is C16H20BrNO3. The van der Waals surface area contributed by atoms with Crippen LogP contribution in [0.1, 0.15) is 41.6 Å². The van der Waals surface area contributed by atoms with Crippen molar-refractivity contribution in [3.63, 3.8) is 0 Å². The van der Waals surface area contributed by atoms with Crippen LogP contribution in [-0.4, -0.2) is 30.9 Å². The van der Waals surface area contributed by atoms with Crippen LogP contribution < -0.4 is 5.32 Å². The Bertz CT molecular complexity index is 530. The first kappa shape index (κ1) is 15.0. The Morgan fingerprint density at radius 2 is 1.95 bits per heavy atom. The maximum atomic E-state index is 12.4. The summed E-state index contributed by atoms with van der Waals surface area (Å²) in [6, 6.07) is 5.98. The van der Waals surface area contributed by atoms with Gasteiger partial charge in [-0.05, 0) is 37.5 Å². The highest BCUT2D eigenvalue weighted by Crippen LogP contribution is 2.35. The zero-order valence-electron chi connectivity index (χ0n) is 12.2. The van der Waals surface area contributed by atoms with Gasteiger partial charge in [0.25, 0.3) is 5.91 Å². The molecule has 1 amide bonds. The molecule has 1 aromatic carbocycles. The summed E-state index contributed by atoms with van der Waals surface area (Å²) in [5, 5.41) is 3.14. The number of halogens is 1. The Balaban J connectivity index is 1.60. The lowest BCUT2D eigenvalue weighted by Gasteiger charge is -2.35. The second-order valence-electron chi connectivity index (χ2n) is 5.81. The average molecular weight is 354 g/mol. The van der Waals surface area contributed by atoms with E-state index in [4.69, 9.17) is 9.47 Å². The van der Waals surface area contributed by atoms with Gasteiger partial charge in [0.1, 0.15) is 0 Å². The van der Waals surface area contributed by atoms with Crippen molar-refractivity contribution >= 4 is 21.8 Å². The summed E-state index contributed by atoms with van der Waals surface area (Å²) in [7, 11) is 0. The molecule has 21 heavy (non-hydrogen) atoms. The molecule has 1 N–H and O–H groups in total. The lowest BCUT2D eigenvalue weighted by Crippen LogP contribution is -2.44. The normalized spacial score (nSPS) is 21.6. The van der Waals surface area contributed by atoms with Crippen LogP contribution in [0.15, 0.2) is 22.7 Å². The number of ether oxygens (including phenoxy) is 2. The van der Waals surface area contributed by atoms with E-state index in [0.29, 0.717) is 13.2 Å².